The summed E-state index contributed by atoms with van der Waals surface area (Å²) in [7, 11) is 0. The van der Waals surface area contributed by atoms with Crippen molar-refractivity contribution >= 4 is 23.3 Å². The number of carbonyl (C=O) groups is 2. The van der Waals surface area contributed by atoms with Gasteiger partial charge in [0.05, 0.1) is 18.9 Å². The first-order chi connectivity index (χ1) is 15.5. The molecule has 6 heteroatoms. The van der Waals surface area contributed by atoms with Gasteiger partial charge in [0.2, 0.25) is 0 Å². The second-order valence-electron chi connectivity index (χ2n) is 8.45. The smallest absolute Gasteiger partial charge is 0.333 e. The quantitative estimate of drug-likeness (QED) is 0.552. The molecule has 1 spiro atoms. The number of para-hydroxylation sites is 1. The van der Waals surface area contributed by atoms with E-state index in [9.17, 15) is 9.59 Å². The molecule has 1 amide bonds. The van der Waals surface area contributed by atoms with Crippen molar-refractivity contribution < 1.29 is 19.1 Å². The van der Waals surface area contributed by atoms with Crippen LogP contribution in [0.1, 0.15) is 49.0 Å². The van der Waals surface area contributed by atoms with Crippen molar-refractivity contribution in [2.75, 3.05) is 30.4 Å². The number of nitrogens with zero attached hydrogens (tertiary/aromatic N) is 1. The number of fused-ring (bicyclic) bond motifs is 1. The first-order valence-electron chi connectivity index (χ1n) is 11.3. The van der Waals surface area contributed by atoms with Crippen LogP contribution in [0.25, 0.3) is 0 Å². The highest BCUT2D eigenvalue weighted by atomic mass is 16.5. The van der Waals surface area contributed by atoms with Gasteiger partial charge in [-0.1, -0.05) is 24.3 Å². The standard InChI is InChI=1S/C26H30N2O4/c1-3-31-23-15-18(9-10-21(23)27)24(29)28-14-13-26(16-19-7-5-6-8-22(19)28)12-11-20(17-26)25(30)32-4-2/h5-10,15,17H,3-4,11-14,16,27H2,1-2H3/t26-/m0/s1. The molecule has 168 valence electrons. The number of ether oxygens (including phenoxy) is 2. The number of nitrogen functional groups attached to an aromatic ring is 1. The normalized spacial score (nSPS) is 19.8. The zero-order valence-electron chi connectivity index (χ0n) is 18.7. The van der Waals surface area contributed by atoms with Gasteiger partial charge in [0, 0.05) is 23.4 Å². The molecule has 1 atom stereocenters. The molecule has 0 saturated carbocycles. The molecule has 1 aliphatic carbocycles. The molecule has 2 aromatic carbocycles. The van der Waals surface area contributed by atoms with Crippen LogP contribution in [0, 0.1) is 5.41 Å². The molecule has 2 aromatic rings. The zero-order chi connectivity index (χ0) is 22.7. The van der Waals surface area contributed by atoms with Crippen molar-refractivity contribution in [2.45, 2.75) is 39.5 Å². The molecule has 4 rings (SSSR count). The van der Waals surface area contributed by atoms with E-state index >= 15 is 0 Å². The number of carbonyl (C=O) groups excluding carboxylic acids is 2. The maximum absolute atomic E-state index is 13.6. The van der Waals surface area contributed by atoms with Gasteiger partial charge in [-0.2, -0.15) is 0 Å². The minimum absolute atomic E-state index is 0.0805. The molecule has 1 aliphatic heterocycles. The Hall–Kier alpha value is -3.28. The van der Waals surface area contributed by atoms with Crippen LogP contribution < -0.4 is 15.4 Å². The van der Waals surface area contributed by atoms with Crippen LogP contribution in [0.5, 0.6) is 5.75 Å². The average molecular weight is 435 g/mol. The highest BCUT2D eigenvalue weighted by Crippen LogP contribution is 2.46. The Balaban J connectivity index is 1.66. The third kappa shape index (κ3) is 4.22. The number of hydrogen-bond donors (Lipinski definition) is 1. The molecule has 0 unspecified atom stereocenters. The van der Waals surface area contributed by atoms with Gasteiger partial charge in [-0.15, -0.1) is 0 Å². The van der Waals surface area contributed by atoms with Crippen LogP contribution >= 0.6 is 0 Å². The van der Waals surface area contributed by atoms with Crippen LogP contribution in [-0.2, 0) is 16.0 Å². The number of benzene rings is 2. The summed E-state index contributed by atoms with van der Waals surface area (Å²) < 4.78 is 10.8. The van der Waals surface area contributed by atoms with Crippen LogP contribution in [-0.4, -0.2) is 31.6 Å². The molecule has 0 bridgehead atoms. The highest BCUT2D eigenvalue weighted by Gasteiger charge is 2.39. The molecular formula is C26H30N2O4. The summed E-state index contributed by atoms with van der Waals surface area (Å²) in [5.41, 5.74) is 9.69. The molecule has 0 aromatic heterocycles. The topological polar surface area (TPSA) is 81.9 Å². The number of amides is 1. The van der Waals surface area contributed by atoms with E-state index in [2.05, 4.69) is 12.1 Å². The molecule has 0 saturated heterocycles. The highest BCUT2D eigenvalue weighted by molar-refractivity contribution is 6.07. The van der Waals surface area contributed by atoms with E-state index in [1.807, 2.05) is 36.9 Å². The summed E-state index contributed by atoms with van der Waals surface area (Å²) in [4.78, 5) is 27.7. The van der Waals surface area contributed by atoms with E-state index < -0.39 is 0 Å². The molecule has 6 nitrogen and oxygen atoms in total. The largest absolute Gasteiger partial charge is 0.492 e. The SMILES string of the molecule is CCOC(=O)C1=C[C@@]2(CC1)CCN(C(=O)c1ccc(N)c(OCC)c1)c1ccccc1C2. The molecule has 32 heavy (non-hydrogen) atoms. The summed E-state index contributed by atoms with van der Waals surface area (Å²) in [5, 5.41) is 0. The lowest BCUT2D eigenvalue weighted by Crippen LogP contribution is -2.33. The molecule has 0 fully saturated rings. The first-order valence-corrected chi connectivity index (χ1v) is 11.3. The maximum Gasteiger partial charge on any atom is 0.333 e. The second-order valence-corrected chi connectivity index (χ2v) is 8.45. The summed E-state index contributed by atoms with van der Waals surface area (Å²) in [6.07, 6.45) is 5.27. The monoisotopic (exact) mass is 434 g/mol. The van der Waals surface area contributed by atoms with Gasteiger partial charge in [0.1, 0.15) is 5.75 Å². The fourth-order valence-corrected chi connectivity index (χ4v) is 4.78. The Morgan fingerprint density at radius 1 is 1.09 bits per heavy atom. The fraction of sp³-hybridized carbons (Fsp3) is 0.385. The van der Waals surface area contributed by atoms with Crippen LogP contribution in [0.4, 0.5) is 11.4 Å². The van der Waals surface area contributed by atoms with Crippen molar-refractivity contribution in [3.8, 4) is 5.75 Å². The predicted octanol–water partition coefficient (Wildman–Crippen LogP) is 4.53. The van der Waals surface area contributed by atoms with Crippen molar-refractivity contribution in [2.24, 2.45) is 5.41 Å². The number of hydrogen-bond acceptors (Lipinski definition) is 5. The van der Waals surface area contributed by atoms with Crippen molar-refractivity contribution in [1.29, 1.82) is 0 Å². The molecule has 1 heterocycles. The number of esters is 1. The van der Waals surface area contributed by atoms with Crippen LogP contribution in [0.15, 0.2) is 54.1 Å². The van der Waals surface area contributed by atoms with Crippen molar-refractivity contribution in [1.82, 2.24) is 0 Å². The zero-order valence-corrected chi connectivity index (χ0v) is 18.7. The van der Waals surface area contributed by atoms with E-state index in [0.717, 1.165) is 36.1 Å². The predicted molar refractivity (Wildman–Crippen MR) is 125 cm³/mol. The summed E-state index contributed by atoms with van der Waals surface area (Å²) in [6.45, 7) is 5.13. The number of anilines is 2. The number of allylic oxidation sites excluding steroid dienone is 1. The Morgan fingerprint density at radius 2 is 1.91 bits per heavy atom. The van der Waals surface area contributed by atoms with E-state index in [4.69, 9.17) is 15.2 Å². The van der Waals surface area contributed by atoms with Gasteiger partial charge in [-0.05, 0) is 74.8 Å². The Kier molecular flexibility index (Phi) is 6.21. The lowest BCUT2D eigenvalue weighted by Gasteiger charge is -2.26. The maximum atomic E-state index is 13.6. The number of nitrogens with two attached hydrogens (primary N) is 1. The minimum atomic E-state index is -0.222. The van der Waals surface area contributed by atoms with E-state index in [1.165, 1.54) is 0 Å². The fourth-order valence-electron chi connectivity index (χ4n) is 4.78. The van der Waals surface area contributed by atoms with Gasteiger partial charge >= 0.3 is 5.97 Å². The van der Waals surface area contributed by atoms with Gasteiger partial charge < -0.3 is 20.1 Å². The lowest BCUT2D eigenvalue weighted by atomic mass is 9.79. The molecule has 0 radical (unpaired) electrons. The molecule has 2 N–H and O–H groups in total. The third-order valence-electron chi connectivity index (χ3n) is 6.37. The lowest BCUT2D eigenvalue weighted by molar-refractivity contribution is -0.138. The summed E-state index contributed by atoms with van der Waals surface area (Å²) in [6, 6.07) is 13.2. The summed E-state index contributed by atoms with van der Waals surface area (Å²) in [5.74, 6) is 0.221. The van der Waals surface area contributed by atoms with E-state index in [0.29, 0.717) is 43.2 Å². The Bertz CT molecular complexity index is 1060. The third-order valence-corrected chi connectivity index (χ3v) is 6.37. The van der Waals surface area contributed by atoms with Crippen molar-refractivity contribution in [3.63, 3.8) is 0 Å². The Morgan fingerprint density at radius 3 is 2.69 bits per heavy atom. The summed E-state index contributed by atoms with van der Waals surface area (Å²) >= 11 is 0. The molecular weight excluding hydrogens is 404 g/mol. The van der Waals surface area contributed by atoms with Crippen LogP contribution in [0.2, 0.25) is 0 Å². The minimum Gasteiger partial charge on any atom is -0.492 e. The average Bonchev–Trinajstić information content (AvgIpc) is 3.13. The second kappa shape index (κ2) is 9.07. The number of rotatable bonds is 5. The van der Waals surface area contributed by atoms with Gasteiger partial charge in [-0.25, -0.2) is 4.79 Å². The molecule has 2 aliphatic rings. The van der Waals surface area contributed by atoms with Crippen LogP contribution in [0.3, 0.4) is 0 Å². The van der Waals surface area contributed by atoms with E-state index in [1.54, 1.807) is 18.2 Å². The van der Waals surface area contributed by atoms with E-state index in [-0.39, 0.29) is 17.3 Å². The Labute approximate surface area is 189 Å². The first kappa shape index (κ1) is 21.9. The van der Waals surface area contributed by atoms with Gasteiger partial charge in [0.15, 0.2) is 0 Å². The van der Waals surface area contributed by atoms with Crippen molar-refractivity contribution in [3.05, 3.63) is 65.2 Å². The van der Waals surface area contributed by atoms with Gasteiger partial charge in [0.25, 0.3) is 5.91 Å². The van der Waals surface area contributed by atoms with Gasteiger partial charge in [-0.3, -0.25) is 4.79 Å².